The lowest BCUT2D eigenvalue weighted by atomic mass is 10.0. The number of nitrogens with zero attached hydrogens (tertiary/aromatic N) is 1. The Hall–Kier alpha value is -2.24. The van der Waals surface area contributed by atoms with Crippen molar-refractivity contribution in [3.8, 4) is 12.1 Å². The number of phosphoric acid groups is 2. The van der Waals surface area contributed by atoms with E-state index in [1.807, 2.05) is 39.9 Å². The van der Waals surface area contributed by atoms with Gasteiger partial charge in [-0.2, -0.15) is 0 Å². The van der Waals surface area contributed by atoms with Crippen LogP contribution in [0.2, 0.25) is 0 Å². The molecule has 0 aliphatic carbocycles. The largest absolute Gasteiger partial charge is 0.475 e. The number of nitrogens with one attached hydrogen (secondary N) is 3. The molecule has 0 bridgehead atoms. The molecule has 16 nitrogen and oxygen atoms in total. The van der Waals surface area contributed by atoms with Crippen molar-refractivity contribution in [1.82, 2.24) is 20.9 Å². The minimum Gasteiger partial charge on any atom is -0.394 e. The lowest BCUT2D eigenvalue weighted by molar-refractivity contribution is -0.123. The number of terminal acetylenes is 1. The average Bonchev–Trinajstić information content (AvgIpc) is 1.70. The van der Waals surface area contributed by atoms with Gasteiger partial charge in [0.05, 0.1) is 57.8 Å². The highest BCUT2D eigenvalue weighted by molar-refractivity contribution is 7.48. The second-order valence-corrected chi connectivity index (χ2v) is 43.5. The predicted octanol–water partition coefficient (Wildman–Crippen LogP) is 35.9. The lowest BCUT2D eigenvalue weighted by Crippen LogP contribution is -2.42. The number of carbonyl (C=O) groups excluding carboxylic acids is 3. The Balaban J connectivity index is -0.000000915. The minimum atomic E-state index is -4.13. The third kappa shape index (κ3) is 110. The summed E-state index contributed by atoms with van der Waals surface area (Å²) in [4.78, 5) is 50.0. The van der Waals surface area contributed by atoms with E-state index in [2.05, 4.69) is 129 Å². The van der Waals surface area contributed by atoms with Gasteiger partial charge in [0.15, 0.2) is 0 Å². The van der Waals surface area contributed by atoms with Crippen LogP contribution >= 0.6 is 24.9 Å². The van der Waals surface area contributed by atoms with Crippen LogP contribution in [0.5, 0.6) is 0 Å². The molecule has 1 aliphatic rings. The maximum atomic E-state index is 12.8. The molecule has 5 N–H and O–H groups in total. The number of aliphatic hydroxyl groups excluding tert-OH is 1. The van der Waals surface area contributed by atoms with Crippen LogP contribution in [0.15, 0.2) is 36.5 Å². The number of aliphatic hydroxyl groups is 1. The number of phosphoric ester groups is 2. The lowest BCUT2D eigenvalue weighted by Gasteiger charge is -2.24. The van der Waals surface area contributed by atoms with E-state index in [1.165, 1.54) is 424 Å². The summed E-state index contributed by atoms with van der Waals surface area (Å²) in [5.41, 5.74) is 2.17. The Morgan fingerprint density at radius 1 is 0.358 bits per heavy atom. The second kappa shape index (κ2) is 113. The molecule has 3 amide bonds. The standard InChI is InChI=1S/C38H76NO5P.C37H72NO5P.C35H69NO2.C3H9N.C2H3P/c1-5-8-10-12-14-16-18-20-22-24-26-28-30-32-36(4)37(35-44-45(41,42)43-34-7-3)39-38(40)33-31-29-27-25-23-21-19-17-15-13-11-9-6-2;1-4-6-8-10-12-14-16-18-20-22-24-26-28-30-35(3)36(34-43-44(40)41-32-33-42-44)38-37(39)31-29-27-25-23-21-19-17-15-13-11-9-7-5-2;1-4-6-8-10-12-14-16-18-20-22-24-26-28-30-33(3)34(32-37)36-35(38)31-29-27-25-23-21-19-17-15-13-11-9-7-5-2;1-4(2)3;1-2-3/h30,32,36-37H,5-29,31,33-35H2,1-4H3,(H,39,40)(H,41,42);28,30,35-36H,4-27,29,31-34H2,1-3H3,(H,38,39);28,30,33-34,37H,4-27,29,31-32H2,1-3H3,(H,36,38);1-3H3;1H,3H2/b32-30+;2*30-28+;;/t36-,37+;35-,36+;33-,34+;;/m111../s1. The van der Waals surface area contributed by atoms with Gasteiger partial charge >= 0.3 is 15.6 Å². The molecule has 0 radical (unpaired) electrons. The van der Waals surface area contributed by atoms with Crippen LogP contribution in [0.4, 0.5) is 0 Å². The number of amides is 3. The second-order valence-electron chi connectivity index (χ2n) is 40.0. The van der Waals surface area contributed by atoms with E-state index >= 15 is 0 Å². The van der Waals surface area contributed by atoms with Crippen molar-refractivity contribution in [2.24, 2.45) is 17.8 Å². The van der Waals surface area contributed by atoms with E-state index in [-0.39, 0.29) is 93.2 Å². The molecule has 8 atom stereocenters. The first-order valence-electron chi connectivity index (χ1n) is 57.6. The number of hydrogen-bond acceptors (Lipinski definition) is 12. The summed E-state index contributed by atoms with van der Waals surface area (Å²) in [7, 11) is 0.480. The fourth-order valence-corrected chi connectivity index (χ4v) is 18.9. The third-order valence-electron chi connectivity index (χ3n) is 25.8. The fourth-order valence-electron chi connectivity index (χ4n) is 16.9. The summed E-state index contributed by atoms with van der Waals surface area (Å²) < 4.78 is 51.0. The van der Waals surface area contributed by atoms with Crippen molar-refractivity contribution in [2.75, 3.05) is 60.8 Å². The number of allylic oxidation sites excluding steroid dienone is 3. The summed E-state index contributed by atoms with van der Waals surface area (Å²) in [6.45, 7) is 22.5. The van der Waals surface area contributed by atoms with Crippen LogP contribution in [0, 0.1) is 29.8 Å². The van der Waals surface area contributed by atoms with Gasteiger partial charge in [-0.05, 0) is 103 Å². The Labute approximate surface area is 836 Å². The molecule has 1 fully saturated rings. The summed E-state index contributed by atoms with van der Waals surface area (Å²) in [6.07, 6.45) is 118. The highest BCUT2D eigenvalue weighted by atomic mass is 31.2. The zero-order valence-electron chi connectivity index (χ0n) is 91.0. The van der Waals surface area contributed by atoms with Crippen LogP contribution in [-0.2, 0) is 46.1 Å². The Kier molecular flexibility index (Phi) is 116. The Morgan fingerprint density at radius 2 is 0.552 bits per heavy atom. The molecule has 134 heavy (non-hydrogen) atoms. The average molecular weight is 1950 g/mol. The maximum absolute atomic E-state index is 12.8. The van der Waals surface area contributed by atoms with E-state index in [0.29, 0.717) is 25.7 Å². The van der Waals surface area contributed by atoms with Crippen LogP contribution in [0.1, 0.15) is 576 Å². The van der Waals surface area contributed by atoms with Gasteiger partial charge in [-0.25, -0.2) is 9.13 Å². The summed E-state index contributed by atoms with van der Waals surface area (Å²) in [6, 6.07) is -0.812. The third-order valence-corrected chi connectivity index (χ3v) is 28.2. The van der Waals surface area contributed by atoms with Crippen molar-refractivity contribution >= 4 is 42.6 Å². The van der Waals surface area contributed by atoms with E-state index < -0.39 is 15.6 Å². The first-order valence-corrected chi connectivity index (χ1v) is 61.1. The number of carbonyl (C=O) groups is 3. The fraction of sp³-hybridized carbons (Fsp3) is 0.904. The van der Waals surface area contributed by atoms with Gasteiger partial charge in [-0.1, -0.05) is 544 Å². The number of rotatable bonds is 97. The summed E-state index contributed by atoms with van der Waals surface area (Å²) in [5.74, 6) is 0.339. The number of unbranched alkanes of at least 4 members (excludes halogenated alkanes) is 69. The first kappa shape index (κ1) is 138. The van der Waals surface area contributed by atoms with Gasteiger partial charge in [0.2, 0.25) is 17.7 Å². The van der Waals surface area contributed by atoms with E-state index in [9.17, 15) is 33.5 Å². The molecular weight excluding hydrogens is 1720 g/mol. The van der Waals surface area contributed by atoms with Crippen LogP contribution < -0.4 is 16.0 Å². The van der Waals surface area contributed by atoms with Crippen LogP contribution in [0.3, 0.4) is 0 Å². The Bertz CT molecular complexity index is 2620. The quantitative estimate of drug-likeness (QED) is 0.0166. The molecular formula is C115H229N4O12P3. The van der Waals surface area contributed by atoms with E-state index in [0.717, 1.165) is 57.8 Å². The zero-order chi connectivity index (χ0) is 99.5. The molecule has 0 saturated carbocycles. The van der Waals surface area contributed by atoms with Gasteiger partial charge in [0, 0.05) is 19.3 Å². The molecule has 2 unspecified atom stereocenters. The Morgan fingerprint density at radius 3 is 0.769 bits per heavy atom. The molecule has 1 rings (SSSR count). The molecule has 19 heteroatoms. The van der Waals surface area contributed by atoms with Crippen molar-refractivity contribution in [3.05, 3.63) is 36.5 Å². The van der Waals surface area contributed by atoms with Crippen molar-refractivity contribution in [3.63, 3.8) is 0 Å². The topological polar surface area (TPSA) is 211 Å². The first-order chi connectivity index (χ1) is 65.2. The molecule has 1 aliphatic heterocycles. The molecule has 0 aromatic heterocycles. The highest BCUT2D eigenvalue weighted by Crippen LogP contribution is 2.53. The van der Waals surface area contributed by atoms with Gasteiger partial charge in [0.25, 0.3) is 0 Å². The minimum absolute atomic E-state index is 0.00823. The van der Waals surface area contributed by atoms with Gasteiger partial charge in [-0.15, -0.1) is 6.42 Å². The van der Waals surface area contributed by atoms with Crippen molar-refractivity contribution < 1.29 is 56.1 Å². The number of hydrogen-bond donors (Lipinski definition) is 5. The molecule has 1 saturated heterocycles. The molecule has 0 spiro atoms. The summed E-state index contributed by atoms with van der Waals surface area (Å²) >= 11 is 0. The van der Waals surface area contributed by atoms with Crippen LogP contribution in [0.25, 0.3) is 0 Å². The molecule has 0 aromatic carbocycles. The molecule has 0 aromatic rings. The molecule has 796 valence electrons. The highest BCUT2D eigenvalue weighted by Gasteiger charge is 2.34. The zero-order valence-corrected chi connectivity index (χ0v) is 93.9. The molecule has 1 heterocycles. The van der Waals surface area contributed by atoms with E-state index in [1.54, 1.807) is 0 Å². The van der Waals surface area contributed by atoms with Gasteiger partial charge in [0.1, 0.15) is 0 Å². The van der Waals surface area contributed by atoms with Gasteiger partial charge in [-0.3, -0.25) is 37.0 Å². The van der Waals surface area contributed by atoms with Crippen LogP contribution in [-0.4, -0.2) is 112 Å². The SMILES string of the molecule is C#CP.CCCCCCCCCCCCC/C=C/[C@@H](C)[C@H](CO)NC(=O)CCCCCCCCCCCCCCC.CCCCCCCCCCCCC/C=C/[C@@H](C)[C@H](COP(=O)(O)OCCC)NC(=O)CCCCCCCCCCCCCCC.CCCCCCCCCCCCC/C=C/[C@@H](C)[C@H](COP1(=O)OCCO1)NC(=O)CCCCCCCCCCCCCCC.CN(C)C. The smallest absolute Gasteiger partial charge is 0.394 e. The van der Waals surface area contributed by atoms with E-state index in [4.69, 9.17) is 22.6 Å². The van der Waals surface area contributed by atoms with Crippen molar-refractivity contribution in [1.29, 1.82) is 0 Å². The predicted molar refractivity (Wildman–Crippen MR) is 588 cm³/mol. The monoisotopic (exact) mass is 1950 g/mol. The van der Waals surface area contributed by atoms with Crippen molar-refractivity contribution in [2.45, 2.75) is 595 Å². The summed E-state index contributed by atoms with van der Waals surface area (Å²) in [5, 5.41) is 19.1. The van der Waals surface area contributed by atoms with Gasteiger partial charge < -0.3 is 30.9 Å². The maximum Gasteiger partial charge on any atom is 0.475 e. The normalized spacial score (nSPS) is 14.2.